The van der Waals surface area contributed by atoms with Gasteiger partial charge >= 0.3 is 6.18 Å². The van der Waals surface area contributed by atoms with Gasteiger partial charge < -0.3 is 14.9 Å². The predicted molar refractivity (Wildman–Crippen MR) is 104 cm³/mol. The number of pyridine rings is 1. The van der Waals surface area contributed by atoms with E-state index in [1.54, 1.807) is 6.07 Å². The highest BCUT2D eigenvalue weighted by Crippen LogP contribution is 2.43. The van der Waals surface area contributed by atoms with Crippen LogP contribution in [0.2, 0.25) is 10.0 Å². The first kappa shape index (κ1) is 22.1. The number of carbonyl (C=O) groups is 1. The molecule has 1 saturated heterocycles. The molecule has 3 rings (SSSR count). The average Bonchev–Trinajstić information content (AvgIpc) is 3.08. The molecule has 0 spiro atoms. The zero-order valence-corrected chi connectivity index (χ0v) is 17.5. The summed E-state index contributed by atoms with van der Waals surface area (Å²) in [6.45, 7) is 2.53. The number of aryl methyl sites for hydroxylation is 1. The van der Waals surface area contributed by atoms with Crippen molar-refractivity contribution in [1.82, 2.24) is 14.9 Å². The number of hydrogen-bond acceptors (Lipinski definition) is 6. The third kappa shape index (κ3) is 4.60. The molecule has 2 aromatic rings. The van der Waals surface area contributed by atoms with Crippen molar-refractivity contribution in [2.24, 2.45) is 0 Å². The quantitative estimate of drug-likeness (QED) is 0.741. The number of piperazine rings is 1. The minimum Gasteiger partial charge on any atom is -0.374 e. The van der Waals surface area contributed by atoms with E-state index in [1.165, 1.54) is 23.4 Å². The minimum absolute atomic E-state index is 0.171. The molecule has 2 aromatic heterocycles. The molecule has 1 amide bonds. The lowest BCUT2D eigenvalue weighted by Crippen LogP contribution is -2.52. The lowest BCUT2D eigenvalue weighted by atomic mass is 9.98. The van der Waals surface area contributed by atoms with E-state index >= 15 is 0 Å². The molecule has 29 heavy (non-hydrogen) atoms. The normalized spacial score (nSPS) is 17.3. The van der Waals surface area contributed by atoms with Crippen molar-refractivity contribution in [3.63, 3.8) is 0 Å². The highest BCUT2D eigenvalue weighted by molar-refractivity contribution is 7.09. The number of hydrogen-bond donors (Lipinski definition) is 1. The van der Waals surface area contributed by atoms with Crippen molar-refractivity contribution in [3.05, 3.63) is 38.4 Å². The van der Waals surface area contributed by atoms with Gasteiger partial charge in [-0.25, -0.2) is 9.97 Å². The number of aliphatic hydroxyl groups is 1. The van der Waals surface area contributed by atoms with Crippen LogP contribution in [0, 0.1) is 6.92 Å². The maximum atomic E-state index is 13.6. The number of halogens is 5. The van der Waals surface area contributed by atoms with E-state index in [9.17, 15) is 23.1 Å². The Morgan fingerprint density at radius 3 is 2.45 bits per heavy atom. The number of alkyl halides is 3. The molecule has 1 aliphatic heterocycles. The monoisotopic (exact) mass is 468 g/mol. The molecule has 0 aromatic carbocycles. The first-order valence-electron chi connectivity index (χ1n) is 8.57. The fraction of sp³-hybridized carbons (Fsp3) is 0.471. The second-order valence-corrected chi connectivity index (χ2v) is 8.36. The van der Waals surface area contributed by atoms with Crippen molar-refractivity contribution in [3.8, 4) is 0 Å². The van der Waals surface area contributed by atoms with Crippen molar-refractivity contribution < 1.29 is 23.1 Å². The molecular formula is C17H17Cl2F3N4O2S. The van der Waals surface area contributed by atoms with Crippen LogP contribution in [0.25, 0.3) is 0 Å². The van der Waals surface area contributed by atoms with E-state index in [0.29, 0.717) is 46.0 Å². The van der Waals surface area contributed by atoms with E-state index in [2.05, 4.69) is 9.97 Å². The second-order valence-electron chi connectivity index (χ2n) is 6.66. The zero-order valence-electron chi connectivity index (χ0n) is 15.2. The summed E-state index contributed by atoms with van der Waals surface area (Å²) in [4.78, 5) is 23.6. The van der Waals surface area contributed by atoms with Gasteiger partial charge in [0.2, 0.25) is 11.5 Å². The van der Waals surface area contributed by atoms with Gasteiger partial charge in [-0.2, -0.15) is 13.2 Å². The van der Waals surface area contributed by atoms with Crippen molar-refractivity contribution >= 4 is 46.3 Å². The van der Waals surface area contributed by atoms with Gasteiger partial charge in [0.1, 0.15) is 10.8 Å². The molecule has 1 aliphatic rings. The molecule has 1 unspecified atom stereocenters. The van der Waals surface area contributed by atoms with Gasteiger partial charge in [0.15, 0.2) is 0 Å². The summed E-state index contributed by atoms with van der Waals surface area (Å²) in [5, 5.41) is 12.0. The van der Waals surface area contributed by atoms with Gasteiger partial charge in [-0.05, 0) is 13.0 Å². The molecule has 158 valence electrons. The number of thiazole rings is 1. The maximum absolute atomic E-state index is 13.6. The van der Waals surface area contributed by atoms with Crippen molar-refractivity contribution in [1.29, 1.82) is 0 Å². The first-order valence-corrected chi connectivity index (χ1v) is 10.2. The molecular weight excluding hydrogens is 452 g/mol. The number of carbonyl (C=O) groups excluding carboxylic acids is 1. The van der Waals surface area contributed by atoms with Crippen LogP contribution in [-0.4, -0.2) is 58.2 Å². The van der Waals surface area contributed by atoms with Gasteiger partial charge in [-0.15, -0.1) is 11.3 Å². The molecule has 3 heterocycles. The molecule has 0 bridgehead atoms. The third-order valence-electron chi connectivity index (χ3n) is 4.57. The topological polar surface area (TPSA) is 69.6 Å². The lowest BCUT2D eigenvalue weighted by molar-refractivity contribution is -0.268. The zero-order chi connectivity index (χ0) is 21.4. The lowest BCUT2D eigenvalue weighted by Gasteiger charge is -2.37. The Bertz CT molecular complexity index is 903. The van der Waals surface area contributed by atoms with E-state index < -0.39 is 29.1 Å². The van der Waals surface area contributed by atoms with E-state index in [4.69, 9.17) is 23.2 Å². The fourth-order valence-corrected chi connectivity index (χ4v) is 4.39. The van der Waals surface area contributed by atoms with E-state index in [-0.39, 0.29) is 13.1 Å². The summed E-state index contributed by atoms with van der Waals surface area (Å²) >= 11 is 12.6. The van der Waals surface area contributed by atoms with Gasteiger partial charge in [-0.3, -0.25) is 4.79 Å². The Hall–Kier alpha value is -1.62. The Labute approximate surface area is 178 Å². The smallest absolute Gasteiger partial charge is 0.374 e. The number of aromatic nitrogens is 2. The molecule has 1 N–H and O–H groups in total. The molecule has 0 saturated carbocycles. The SMILES string of the molecule is Cc1csc(C(O)(CC(=O)N2CCN(c3ncc(Cl)cc3Cl)CC2)C(F)(F)F)n1. The largest absolute Gasteiger partial charge is 0.424 e. The summed E-state index contributed by atoms with van der Waals surface area (Å²) in [6, 6.07) is 1.54. The van der Waals surface area contributed by atoms with Gasteiger partial charge in [0.05, 0.1) is 16.5 Å². The van der Waals surface area contributed by atoms with Gasteiger partial charge in [-0.1, -0.05) is 23.2 Å². The fourth-order valence-electron chi connectivity index (χ4n) is 2.98. The van der Waals surface area contributed by atoms with Crippen LogP contribution in [0.4, 0.5) is 19.0 Å². The molecule has 0 radical (unpaired) electrons. The summed E-state index contributed by atoms with van der Waals surface area (Å²) in [6.07, 6.45) is -4.71. The van der Waals surface area contributed by atoms with Crippen molar-refractivity contribution in [2.75, 3.05) is 31.1 Å². The van der Waals surface area contributed by atoms with Gasteiger partial charge in [0.25, 0.3) is 0 Å². The van der Waals surface area contributed by atoms with Crippen LogP contribution in [0.15, 0.2) is 17.6 Å². The maximum Gasteiger partial charge on any atom is 0.424 e. The minimum atomic E-state index is -5.03. The second kappa shape index (κ2) is 8.25. The molecule has 6 nitrogen and oxygen atoms in total. The first-order chi connectivity index (χ1) is 13.5. The van der Waals surface area contributed by atoms with Crippen LogP contribution >= 0.6 is 34.5 Å². The summed E-state index contributed by atoms with van der Waals surface area (Å²) in [5.74, 6) is -0.305. The van der Waals surface area contributed by atoms with Crippen LogP contribution in [0.5, 0.6) is 0 Å². The highest BCUT2D eigenvalue weighted by atomic mass is 35.5. The van der Waals surface area contributed by atoms with Gasteiger partial charge in [0, 0.05) is 43.4 Å². The summed E-state index contributed by atoms with van der Waals surface area (Å²) in [7, 11) is 0. The Morgan fingerprint density at radius 2 is 1.93 bits per heavy atom. The van der Waals surface area contributed by atoms with Crippen molar-refractivity contribution in [2.45, 2.75) is 25.1 Å². The summed E-state index contributed by atoms with van der Waals surface area (Å²) < 4.78 is 40.8. The number of nitrogens with zero attached hydrogens (tertiary/aromatic N) is 4. The summed E-state index contributed by atoms with van der Waals surface area (Å²) in [5.41, 5.74) is -2.97. The predicted octanol–water partition coefficient (Wildman–Crippen LogP) is 3.64. The third-order valence-corrected chi connectivity index (χ3v) is 6.17. The molecule has 0 aliphatic carbocycles. The van der Waals surface area contributed by atoms with Crippen LogP contribution in [0.3, 0.4) is 0 Å². The molecule has 12 heteroatoms. The van der Waals surface area contributed by atoms with Crippen LogP contribution in [-0.2, 0) is 10.4 Å². The van der Waals surface area contributed by atoms with Crippen LogP contribution < -0.4 is 4.90 Å². The average molecular weight is 469 g/mol. The highest BCUT2D eigenvalue weighted by Gasteiger charge is 2.58. The Kier molecular flexibility index (Phi) is 6.28. The molecule has 1 atom stereocenters. The van der Waals surface area contributed by atoms with Crippen LogP contribution in [0.1, 0.15) is 17.1 Å². The number of amides is 1. The van der Waals surface area contributed by atoms with E-state index in [1.807, 2.05) is 4.90 Å². The number of rotatable bonds is 4. The standard InChI is InChI=1S/C17H17Cl2F3N4O2S/c1-10-9-29-15(24-10)16(28,17(20,21)22)7-13(27)25-2-4-26(5-3-25)14-12(19)6-11(18)8-23-14/h6,8-9,28H,2-5,7H2,1H3. The number of anilines is 1. The Balaban J connectivity index is 1.69. The molecule has 1 fully saturated rings. The Morgan fingerprint density at radius 1 is 1.28 bits per heavy atom. The van der Waals surface area contributed by atoms with E-state index in [0.717, 1.165) is 0 Å².